The predicted octanol–water partition coefficient (Wildman–Crippen LogP) is 8.17. The fourth-order valence-corrected chi connectivity index (χ4v) is 10.5. The van der Waals surface area contributed by atoms with Gasteiger partial charge in [-0.05, 0) is 85.7 Å². The van der Waals surface area contributed by atoms with Crippen molar-refractivity contribution in [3.05, 3.63) is 100 Å². The number of hydrogen-bond acceptors (Lipinski definition) is 11. The molecule has 376 valence electrons. The number of hydrogen-bond donors (Lipinski definition) is 4. The van der Waals surface area contributed by atoms with Gasteiger partial charge in [0.15, 0.2) is 0 Å². The summed E-state index contributed by atoms with van der Waals surface area (Å²) in [5.41, 5.74) is 1.44. The molecule has 4 amide bonds. The van der Waals surface area contributed by atoms with Crippen LogP contribution in [0, 0.1) is 34.5 Å². The van der Waals surface area contributed by atoms with Gasteiger partial charge in [0.2, 0.25) is 17.7 Å². The molecule has 1 aliphatic heterocycles. The van der Waals surface area contributed by atoms with Gasteiger partial charge >= 0.3 is 6.18 Å². The monoisotopic (exact) mass is 988 g/mol. The molecular weight excluding hydrogens is 926 g/mol. The maximum atomic E-state index is 14.1. The summed E-state index contributed by atoms with van der Waals surface area (Å²) in [5.74, 6) is -1.16. The zero-order valence-corrected chi connectivity index (χ0v) is 41.8. The van der Waals surface area contributed by atoms with Gasteiger partial charge in [-0.2, -0.15) is 18.4 Å². The number of carbonyl (C=O) groups is 4. The second kappa shape index (κ2) is 21.5. The molecule has 4 aromatic rings. The predicted molar refractivity (Wildman–Crippen MR) is 258 cm³/mol. The summed E-state index contributed by atoms with van der Waals surface area (Å²) in [6.45, 7) is 17.0. The van der Waals surface area contributed by atoms with Crippen molar-refractivity contribution in [2.75, 3.05) is 26.4 Å². The largest absolute Gasteiger partial charge is 0.494 e. The smallest absolute Gasteiger partial charge is 0.417 e. The summed E-state index contributed by atoms with van der Waals surface area (Å²) in [7, 11) is 0. The number of alkyl halides is 3. The topological polar surface area (TPSA) is 192 Å². The number of halogens is 3. The van der Waals surface area contributed by atoms with E-state index in [2.05, 4.69) is 20.9 Å². The van der Waals surface area contributed by atoms with Crippen molar-refractivity contribution in [3.8, 4) is 28.0 Å². The molecule has 0 spiro atoms. The molecule has 6 rings (SSSR count). The first-order chi connectivity index (χ1) is 32.8. The van der Waals surface area contributed by atoms with Crippen LogP contribution in [0.25, 0.3) is 10.4 Å². The molecule has 2 aliphatic rings. The summed E-state index contributed by atoms with van der Waals surface area (Å²) in [4.78, 5) is 60.9. The Balaban J connectivity index is 0.912. The molecule has 0 bridgehead atoms. The van der Waals surface area contributed by atoms with E-state index in [0.717, 1.165) is 33.8 Å². The minimum atomic E-state index is -4.72. The Morgan fingerprint density at radius 3 is 2.19 bits per heavy atom. The van der Waals surface area contributed by atoms with Crippen molar-refractivity contribution >= 4 is 35.0 Å². The summed E-state index contributed by atoms with van der Waals surface area (Å²) >= 11 is 1.56. The second-order valence-corrected chi connectivity index (χ2v) is 21.2. The maximum Gasteiger partial charge on any atom is 0.417 e. The highest BCUT2D eigenvalue weighted by atomic mass is 32.1. The highest BCUT2D eigenvalue weighted by Gasteiger charge is 2.64. The molecule has 2 heterocycles. The van der Waals surface area contributed by atoms with Crippen molar-refractivity contribution in [3.63, 3.8) is 0 Å². The van der Waals surface area contributed by atoms with Gasteiger partial charge in [0.25, 0.3) is 5.91 Å². The number of nitriles is 1. The quantitative estimate of drug-likeness (QED) is 0.0708. The van der Waals surface area contributed by atoms with Gasteiger partial charge in [0.05, 0.1) is 52.0 Å². The number of aromatic nitrogens is 1. The maximum absolute atomic E-state index is 14.1. The lowest BCUT2D eigenvalue weighted by atomic mass is 9.49. The zero-order chi connectivity index (χ0) is 51.3. The molecule has 1 aromatic heterocycles. The van der Waals surface area contributed by atoms with Crippen LogP contribution in [0.4, 0.5) is 13.2 Å². The first-order valence-corrected chi connectivity index (χ1v) is 24.2. The van der Waals surface area contributed by atoms with Crippen LogP contribution in [0.15, 0.2) is 72.2 Å². The Labute approximate surface area is 411 Å². The van der Waals surface area contributed by atoms with E-state index in [1.54, 1.807) is 47.2 Å². The number of likely N-dealkylation sites (tertiary alicyclic amines) is 1. The molecule has 1 saturated heterocycles. The molecule has 4 N–H and O–H groups in total. The number of aliphatic hydroxyl groups is 1. The molecule has 4 atom stereocenters. The number of carbonyl (C=O) groups excluding carboxylic acids is 4. The highest BCUT2D eigenvalue weighted by Crippen LogP contribution is 2.56. The number of aryl methyl sites for hydroxylation is 1. The third-order valence-electron chi connectivity index (χ3n) is 13.1. The summed E-state index contributed by atoms with van der Waals surface area (Å²) in [6.07, 6.45) is -4.94. The number of ether oxygens (including phenoxy) is 3. The molecule has 70 heavy (non-hydrogen) atoms. The summed E-state index contributed by atoms with van der Waals surface area (Å²) < 4.78 is 58.4. The van der Waals surface area contributed by atoms with Gasteiger partial charge in [-0.25, -0.2) is 4.98 Å². The minimum Gasteiger partial charge on any atom is -0.494 e. The van der Waals surface area contributed by atoms with Crippen LogP contribution in [-0.2, 0) is 25.3 Å². The summed E-state index contributed by atoms with van der Waals surface area (Å²) in [5, 5.41) is 28.7. The van der Waals surface area contributed by atoms with Crippen LogP contribution in [0.3, 0.4) is 0 Å². The second-order valence-electron chi connectivity index (χ2n) is 20.4. The van der Waals surface area contributed by atoms with E-state index >= 15 is 0 Å². The lowest BCUT2D eigenvalue weighted by Crippen LogP contribution is -2.74. The van der Waals surface area contributed by atoms with Crippen molar-refractivity contribution in [1.82, 2.24) is 25.8 Å². The van der Waals surface area contributed by atoms with E-state index < -0.39 is 75.6 Å². The fourth-order valence-electron chi connectivity index (χ4n) is 9.66. The molecule has 3 aromatic carbocycles. The minimum absolute atomic E-state index is 0.0143. The molecule has 1 aliphatic carbocycles. The van der Waals surface area contributed by atoms with E-state index in [9.17, 15) is 37.5 Å². The van der Waals surface area contributed by atoms with E-state index in [-0.39, 0.29) is 49.9 Å². The van der Waals surface area contributed by atoms with E-state index in [1.807, 2.05) is 86.6 Å². The van der Waals surface area contributed by atoms with E-state index in [4.69, 9.17) is 19.5 Å². The zero-order valence-electron chi connectivity index (χ0n) is 41.0. The van der Waals surface area contributed by atoms with Crippen LogP contribution in [0.1, 0.15) is 113 Å². The number of benzene rings is 3. The molecule has 1 saturated carbocycles. The lowest BCUT2D eigenvalue weighted by Gasteiger charge is -2.63. The van der Waals surface area contributed by atoms with Gasteiger partial charge < -0.3 is 40.2 Å². The Morgan fingerprint density at radius 1 is 0.943 bits per heavy atom. The normalized spacial score (nSPS) is 20.3. The van der Waals surface area contributed by atoms with Gasteiger partial charge in [-0.15, -0.1) is 11.3 Å². The molecule has 2 fully saturated rings. The SMILES string of the molecule is Cc1ncsc1-c1ccc(C(C)NC(=O)[C@@H]2C[C@@H](O)CN2C(=O)[C@@H](NC(=O)COCCCCOc2ccc(C(=O)N[C@H]3C(C)(C)[C@H](Oc4ccc(C#N)c(C(F)(F)F)c4)C3(C)C)cc2)C(C)(C)C)cc1. The number of nitrogens with zero attached hydrogens (tertiary/aromatic N) is 3. The number of rotatable bonds is 18. The van der Waals surface area contributed by atoms with Crippen LogP contribution in [-0.4, -0.2) is 95.3 Å². The average molecular weight is 989 g/mol. The van der Waals surface area contributed by atoms with Crippen LogP contribution >= 0.6 is 11.3 Å². The first-order valence-electron chi connectivity index (χ1n) is 23.3. The van der Waals surface area contributed by atoms with Gasteiger partial charge in [0, 0.05) is 42.0 Å². The Morgan fingerprint density at radius 2 is 1.59 bits per heavy atom. The van der Waals surface area contributed by atoms with Crippen molar-refractivity contribution in [2.24, 2.45) is 16.2 Å². The molecule has 14 nitrogen and oxygen atoms in total. The molecule has 1 unspecified atom stereocenters. The number of amides is 4. The Hall–Kier alpha value is -6.03. The average Bonchev–Trinajstić information content (AvgIpc) is 3.92. The van der Waals surface area contributed by atoms with E-state index in [1.165, 1.54) is 11.0 Å². The van der Waals surface area contributed by atoms with Gasteiger partial charge in [-0.3, -0.25) is 19.2 Å². The number of nitrogens with one attached hydrogen (secondary N) is 3. The van der Waals surface area contributed by atoms with Crippen LogP contribution in [0.2, 0.25) is 0 Å². The first kappa shape index (κ1) is 53.3. The number of aliphatic hydroxyl groups excluding tert-OH is 1. The standard InChI is InChI=1S/C52H63F3N6O8S/c1-30(32-12-14-33(15-13-32)42-31(2)57-29-70-42)58-45(65)40-24-36(62)27-61(40)46(66)43(49(3,4)5)59-41(63)28-67-22-10-11-23-68-37-19-16-34(17-20-37)44(64)60-47-50(6,7)48(51(47,8)9)69-38-21-18-35(26-56)39(25-38)52(53,54)55/h12-21,25,29-30,36,40,43,47-48,62H,10-11,22-24,27-28H2,1-9H3,(H,58,65)(H,59,63)(H,60,64)/t30?,36-,40+,43-,47-,48-/m1/s1. The Bertz CT molecular complexity index is 2540. The number of β-amino-alcohol motifs (C(OH)–C–C–N with tert-alkyl or cyclic N) is 1. The Kier molecular flexibility index (Phi) is 16.4. The van der Waals surface area contributed by atoms with E-state index in [0.29, 0.717) is 30.8 Å². The molecule has 18 heteroatoms. The highest BCUT2D eigenvalue weighted by molar-refractivity contribution is 7.13. The third kappa shape index (κ3) is 12.3. The third-order valence-corrected chi connectivity index (χ3v) is 14.1. The van der Waals surface area contributed by atoms with Crippen molar-refractivity contribution < 1.29 is 51.7 Å². The summed E-state index contributed by atoms with van der Waals surface area (Å²) in [6, 6.07) is 16.7. The number of thiazole rings is 1. The molecular formula is C52H63F3N6O8S. The van der Waals surface area contributed by atoms with Crippen molar-refractivity contribution in [2.45, 2.75) is 124 Å². The van der Waals surface area contributed by atoms with Gasteiger partial charge in [-0.1, -0.05) is 72.7 Å². The molecule has 0 radical (unpaired) electrons. The van der Waals surface area contributed by atoms with Gasteiger partial charge in [0.1, 0.15) is 36.3 Å². The lowest BCUT2D eigenvalue weighted by molar-refractivity contribution is -0.164. The van der Waals surface area contributed by atoms with Crippen LogP contribution < -0.4 is 25.4 Å². The van der Waals surface area contributed by atoms with Crippen molar-refractivity contribution in [1.29, 1.82) is 5.26 Å². The van der Waals surface area contributed by atoms with Crippen LogP contribution in [0.5, 0.6) is 11.5 Å². The fraction of sp³-hybridized carbons (Fsp3) is 0.500. The number of unbranched alkanes of at least 4 members (excludes halogenated alkanes) is 1.